The van der Waals surface area contributed by atoms with Crippen LogP contribution < -0.4 is 0 Å². The van der Waals surface area contributed by atoms with Crippen molar-refractivity contribution in [1.29, 1.82) is 0 Å². The minimum atomic E-state index is 1.18. The van der Waals surface area contributed by atoms with Crippen LogP contribution in [0, 0.1) is 83.1 Å². The summed E-state index contributed by atoms with van der Waals surface area (Å²) in [6.45, 7) is 26.9. The zero-order chi connectivity index (χ0) is 49.4. The molecule has 0 aliphatic heterocycles. The van der Waals surface area contributed by atoms with E-state index < -0.39 is 0 Å². The molecule has 0 N–H and O–H groups in total. The van der Waals surface area contributed by atoms with Gasteiger partial charge in [0.25, 0.3) is 0 Å². The summed E-state index contributed by atoms with van der Waals surface area (Å²) in [6.07, 6.45) is 14.2. The Morgan fingerprint density at radius 3 is 0.714 bits per heavy atom. The summed E-state index contributed by atoms with van der Waals surface area (Å²) in [5, 5.41) is 4.92. The fourth-order valence-electron chi connectivity index (χ4n) is 11.8. The first-order chi connectivity index (χ1) is 33.7. The molecule has 0 spiro atoms. The molecule has 0 heterocycles. The maximum atomic E-state index is 2.43. The van der Waals surface area contributed by atoms with E-state index in [9.17, 15) is 0 Å². The van der Waals surface area contributed by atoms with Crippen LogP contribution in [0.1, 0.15) is 122 Å². The third-order valence-electron chi connectivity index (χ3n) is 14.3. The number of fused-ring (bicyclic) bond motifs is 2. The van der Waals surface area contributed by atoms with Gasteiger partial charge >= 0.3 is 0 Å². The third-order valence-corrected chi connectivity index (χ3v) is 14.3. The normalized spacial score (nSPS) is 11.6. The summed E-state index contributed by atoms with van der Waals surface area (Å²) in [5.74, 6) is 0. The first-order valence-electron chi connectivity index (χ1n) is 24.9. The van der Waals surface area contributed by atoms with Gasteiger partial charge < -0.3 is 0 Å². The van der Waals surface area contributed by atoms with E-state index in [0.717, 1.165) is 0 Å². The van der Waals surface area contributed by atoms with Gasteiger partial charge in [0.1, 0.15) is 0 Å². The van der Waals surface area contributed by atoms with Crippen LogP contribution >= 0.6 is 0 Å². The van der Waals surface area contributed by atoms with Gasteiger partial charge in [-0.1, -0.05) is 192 Å². The number of rotatable bonds is 10. The van der Waals surface area contributed by atoms with Crippen molar-refractivity contribution in [2.75, 3.05) is 0 Å². The predicted octanol–water partition coefficient (Wildman–Crippen LogP) is 19.2. The van der Waals surface area contributed by atoms with Crippen molar-refractivity contribution < 1.29 is 0 Å². The topological polar surface area (TPSA) is 0 Å². The van der Waals surface area contributed by atoms with E-state index >= 15 is 0 Å². The molecule has 0 fully saturated rings. The Kier molecular flexibility index (Phi) is 13.5. The Labute approximate surface area is 418 Å². The quantitative estimate of drug-likeness (QED) is 0.0947. The zero-order valence-corrected chi connectivity index (χ0v) is 43.3. The highest BCUT2D eigenvalue weighted by atomic mass is 14.2. The molecule has 0 saturated carbocycles. The second-order valence-electron chi connectivity index (χ2n) is 20.1. The lowest BCUT2D eigenvalue weighted by Crippen LogP contribution is -2.01. The van der Waals surface area contributed by atoms with Crippen LogP contribution in [-0.2, 0) is 0 Å². The molecule has 0 aromatic heterocycles. The van der Waals surface area contributed by atoms with Crippen LogP contribution in [0.25, 0.3) is 69.1 Å². The first-order valence-corrected chi connectivity index (χ1v) is 24.9. The Hall–Kier alpha value is -7.54. The van der Waals surface area contributed by atoms with E-state index in [-0.39, 0.29) is 0 Å². The molecule has 0 bridgehead atoms. The fraction of sp³-hybridized carbons (Fsp3) is 0.171. The molecule has 0 radical (unpaired) electrons. The summed E-state index contributed by atoms with van der Waals surface area (Å²) in [5.41, 5.74) is 30.5. The second kappa shape index (κ2) is 19.8. The van der Waals surface area contributed by atoms with Gasteiger partial charge in [-0.15, -0.1) is 0 Å². The smallest absolute Gasteiger partial charge is 0.00946 e. The molecule has 0 nitrogen and oxygen atoms in total. The largest absolute Gasteiger partial charge is 0.0616 e. The van der Waals surface area contributed by atoms with Crippen LogP contribution in [0.15, 0.2) is 146 Å². The van der Waals surface area contributed by atoms with Crippen LogP contribution in [0.2, 0.25) is 0 Å². The van der Waals surface area contributed by atoms with E-state index in [4.69, 9.17) is 0 Å². The van der Waals surface area contributed by atoms with E-state index in [1.807, 2.05) is 0 Å². The Morgan fingerprint density at radius 1 is 0.257 bits per heavy atom. The fourth-order valence-corrected chi connectivity index (χ4v) is 11.8. The standard InChI is InChI=1S/C70H66/c1-43-33-47(5)67(48(6)34-43)65(68-49(7)35-44(2)36-50(68)8)41-57-23-15-13-21-55(57)29-31-63-59-25-17-19-27-61(59)64(62-28-20-18-26-60(62)63)32-30-56-22-14-16-24-58(56)42-66(69-51(9)37-45(3)38-52(69)10)70-53(11)39-46(4)40-54(70)12/h13-42H,1-12H3. The van der Waals surface area contributed by atoms with Gasteiger partial charge in [0.2, 0.25) is 0 Å². The highest BCUT2D eigenvalue weighted by Gasteiger charge is 2.20. The predicted molar refractivity (Wildman–Crippen MR) is 309 cm³/mol. The van der Waals surface area contributed by atoms with Gasteiger partial charge in [-0.25, -0.2) is 0 Å². The van der Waals surface area contributed by atoms with Gasteiger partial charge in [-0.05, 0) is 228 Å². The molecule has 0 aliphatic rings. The summed E-state index contributed by atoms with van der Waals surface area (Å²) in [6, 6.07) is 54.1. The SMILES string of the molecule is Cc1cc(C)c(C(=Cc2ccccc2C=Cc2c3ccccc3c(C=Cc3ccccc3C=C(c3c(C)cc(C)cc3C)c3c(C)cc(C)cc3C)c3ccccc23)c2c(C)cc(C)cc2C)c(C)c1. The van der Waals surface area contributed by atoms with Gasteiger partial charge in [-0.3, -0.25) is 0 Å². The molecule has 9 aromatic rings. The molecule has 0 heteroatoms. The van der Waals surface area contributed by atoms with Crippen molar-refractivity contribution >= 4 is 69.1 Å². The summed E-state index contributed by atoms with van der Waals surface area (Å²) < 4.78 is 0. The third kappa shape index (κ3) is 9.44. The Bertz CT molecular complexity index is 3140. The second-order valence-corrected chi connectivity index (χ2v) is 20.1. The lowest BCUT2D eigenvalue weighted by molar-refractivity contribution is 1.25. The number of hydrogen-bond acceptors (Lipinski definition) is 0. The van der Waals surface area contributed by atoms with Crippen molar-refractivity contribution in [3.05, 3.63) is 268 Å². The van der Waals surface area contributed by atoms with Crippen LogP contribution in [0.4, 0.5) is 0 Å². The molecule has 9 rings (SSSR count). The van der Waals surface area contributed by atoms with Crippen molar-refractivity contribution in [3.63, 3.8) is 0 Å². The molecule has 9 aromatic carbocycles. The number of benzene rings is 9. The lowest BCUT2D eigenvalue weighted by atomic mass is 9.83. The first kappa shape index (κ1) is 47.5. The molecular weight excluding hydrogens is 841 g/mol. The lowest BCUT2D eigenvalue weighted by Gasteiger charge is -2.21. The average Bonchev–Trinajstić information content (AvgIpc) is 3.29. The summed E-state index contributed by atoms with van der Waals surface area (Å²) in [7, 11) is 0. The molecule has 0 amide bonds. The van der Waals surface area contributed by atoms with Crippen LogP contribution in [0.5, 0.6) is 0 Å². The van der Waals surface area contributed by atoms with Crippen molar-refractivity contribution in [2.24, 2.45) is 0 Å². The maximum Gasteiger partial charge on any atom is -0.00946 e. The minimum Gasteiger partial charge on any atom is -0.0616 e. The molecular formula is C70H66. The van der Waals surface area contributed by atoms with Crippen molar-refractivity contribution in [3.8, 4) is 0 Å². The monoisotopic (exact) mass is 907 g/mol. The van der Waals surface area contributed by atoms with Crippen molar-refractivity contribution in [2.45, 2.75) is 83.1 Å². The number of aryl methyl sites for hydroxylation is 12. The van der Waals surface area contributed by atoms with E-state index in [1.54, 1.807) is 0 Å². The van der Waals surface area contributed by atoms with Gasteiger partial charge in [0.15, 0.2) is 0 Å². The molecule has 0 atom stereocenters. The van der Waals surface area contributed by atoms with Crippen LogP contribution in [0.3, 0.4) is 0 Å². The Morgan fingerprint density at radius 2 is 0.471 bits per heavy atom. The van der Waals surface area contributed by atoms with E-state index in [1.165, 1.54) is 155 Å². The molecule has 0 aliphatic carbocycles. The van der Waals surface area contributed by atoms with Crippen LogP contribution in [-0.4, -0.2) is 0 Å². The molecule has 70 heavy (non-hydrogen) atoms. The van der Waals surface area contributed by atoms with Gasteiger partial charge in [0.05, 0.1) is 0 Å². The Balaban J connectivity index is 1.18. The minimum absolute atomic E-state index is 1.18. The maximum absolute atomic E-state index is 2.43. The zero-order valence-electron chi connectivity index (χ0n) is 43.3. The van der Waals surface area contributed by atoms with Gasteiger partial charge in [-0.2, -0.15) is 0 Å². The van der Waals surface area contributed by atoms with Crippen molar-refractivity contribution in [1.82, 2.24) is 0 Å². The van der Waals surface area contributed by atoms with Gasteiger partial charge in [0, 0.05) is 0 Å². The molecule has 0 unspecified atom stereocenters. The summed E-state index contributed by atoms with van der Waals surface area (Å²) >= 11 is 0. The average molecular weight is 907 g/mol. The van der Waals surface area contributed by atoms with E-state index in [2.05, 4.69) is 265 Å². The highest BCUT2D eigenvalue weighted by molar-refractivity contribution is 6.14. The highest BCUT2D eigenvalue weighted by Crippen LogP contribution is 2.40. The number of hydrogen-bond donors (Lipinski definition) is 0. The molecule has 346 valence electrons. The molecule has 0 saturated heterocycles. The summed E-state index contributed by atoms with van der Waals surface area (Å²) in [4.78, 5) is 0. The van der Waals surface area contributed by atoms with E-state index in [0.29, 0.717) is 0 Å².